The van der Waals surface area contributed by atoms with E-state index in [-0.39, 0.29) is 11.4 Å². The molecule has 2 aliphatic heterocycles. The van der Waals surface area contributed by atoms with Crippen LogP contribution in [0.25, 0.3) is 6.08 Å². The summed E-state index contributed by atoms with van der Waals surface area (Å²) in [6, 6.07) is 19.3. The molecule has 1 aromatic heterocycles. The summed E-state index contributed by atoms with van der Waals surface area (Å²) in [4.78, 5) is 17.8. The second kappa shape index (κ2) is 9.05. The Morgan fingerprint density at radius 3 is 2.64 bits per heavy atom. The van der Waals surface area contributed by atoms with E-state index in [9.17, 15) is 4.79 Å². The van der Waals surface area contributed by atoms with Gasteiger partial charge in [0, 0.05) is 16.3 Å². The van der Waals surface area contributed by atoms with Gasteiger partial charge in [-0.2, -0.15) is 15.1 Å². The summed E-state index contributed by atoms with van der Waals surface area (Å²) in [7, 11) is 0. The molecule has 0 radical (unpaired) electrons. The Kier molecular flexibility index (Phi) is 5.97. The SMILES string of the molecule is Cc1ccc(Sc2ccc(/C=C3/C(=N)N4N=C(Cc5ccc(Cl)cc5)SC4=NC3=O)o2)cc1. The maximum Gasteiger partial charge on any atom is 0.283 e. The first-order valence-electron chi connectivity index (χ1n) is 10.0. The van der Waals surface area contributed by atoms with Crippen molar-refractivity contribution in [3.63, 3.8) is 0 Å². The number of hydrogen-bond donors (Lipinski definition) is 1. The number of furan rings is 1. The summed E-state index contributed by atoms with van der Waals surface area (Å²) in [5, 5.41) is 16.9. The molecule has 33 heavy (non-hydrogen) atoms. The largest absolute Gasteiger partial charge is 0.450 e. The van der Waals surface area contributed by atoms with Gasteiger partial charge in [-0.05, 0) is 66.7 Å². The highest BCUT2D eigenvalue weighted by molar-refractivity contribution is 8.26. The third kappa shape index (κ3) is 4.83. The van der Waals surface area contributed by atoms with Gasteiger partial charge in [0.15, 0.2) is 10.9 Å². The van der Waals surface area contributed by atoms with Gasteiger partial charge in [0.1, 0.15) is 10.8 Å². The Labute approximate surface area is 203 Å². The summed E-state index contributed by atoms with van der Waals surface area (Å²) < 4.78 is 5.86. The fourth-order valence-electron chi connectivity index (χ4n) is 3.21. The Morgan fingerprint density at radius 1 is 1.12 bits per heavy atom. The van der Waals surface area contributed by atoms with Crippen molar-refractivity contribution in [2.75, 3.05) is 0 Å². The topological polar surface area (TPSA) is 82.0 Å². The number of thioether (sulfide) groups is 1. The molecule has 0 unspecified atom stereocenters. The fourth-order valence-corrected chi connectivity index (χ4v) is 5.04. The molecule has 1 amide bonds. The van der Waals surface area contributed by atoms with Gasteiger partial charge in [-0.3, -0.25) is 10.2 Å². The minimum absolute atomic E-state index is 0.0206. The van der Waals surface area contributed by atoms with Crippen molar-refractivity contribution in [3.05, 3.63) is 88.1 Å². The highest BCUT2D eigenvalue weighted by Crippen LogP contribution is 2.32. The number of hydrogen-bond acceptors (Lipinski definition) is 6. The number of nitrogens with one attached hydrogen (secondary N) is 1. The van der Waals surface area contributed by atoms with Gasteiger partial charge in [0.05, 0.1) is 5.57 Å². The van der Waals surface area contributed by atoms with Crippen LogP contribution in [0.15, 0.2) is 90.7 Å². The molecule has 0 spiro atoms. The normalized spacial score (nSPS) is 16.8. The molecule has 2 aliphatic rings. The number of carbonyl (C=O) groups is 1. The van der Waals surface area contributed by atoms with E-state index in [2.05, 4.69) is 10.1 Å². The minimum atomic E-state index is -0.481. The van der Waals surface area contributed by atoms with Crippen molar-refractivity contribution < 1.29 is 9.21 Å². The zero-order valence-electron chi connectivity index (χ0n) is 17.4. The lowest BCUT2D eigenvalue weighted by atomic mass is 10.1. The van der Waals surface area contributed by atoms with Crippen molar-refractivity contribution in [2.24, 2.45) is 10.1 Å². The molecule has 164 valence electrons. The fraction of sp³-hybridized carbons (Fsp3) is 0.0833. The zero-order valence-corrected chi connectivity index (χ0v) is 19.8. The number of aryl methyl sites for hydroxylation is 1. The van der Waals surface area contributed by atoms with Crippen molar-refractivity contribution in [1.29, 1.82) is 5.41 Å². The minimum Gasteiger partial charge on any atom is -0.450 e. The van der Waals surface area contributed by atoms with Gasteiger partial charge in [-0.15, -0.1) is 0 Å². The number of benzene rings is 2. The van der Waals surface area contributed by atoms with E-state index in [1.54, 1.807) is 12.1 Å². The number of aliphatic imine (C=N–C) groups is 1. The van der Waals surface area contributed by atoms with E-state index >= 15 is 0 Å². The quantitative estimate of drug-likeness (QED) is 0.425. The summed E-state index contributed by atoms with van der Waals surface area (Å²) in [5.74, 6) is -0.0212. The van der Waals surface area contributed by atoms with E-state index in [1.165, 1.54) is 34.1 Å². The van der Waals surface area contributed by atoms with E-state index in [0.717, 1.165) is 15.5 Å². The van der Waals surface area contributed by atoms with E-state index in [1.807, 2.05) is 61.5 Å². The number of hydrazone groups is 1. The van der Waals surface area contributed by atoms with Crippen LogP contribution in [-0.4, -0.2) is 27.0 Å². The van der Waals surface area contributed by atoms with Gasteiger partial charge in [-0.25, -0.2) is 0 Å². The summed E-state index contributed by atoms with van der Waals surface area (Å²) >= 11 is 8.73. The van der Waals surface area contributed by atoms with Crippen molar-refractivity contribution in [3.8, 4) is 0 Å². The Morgan fingerprint density at radius 2 is 1.88 bits per heavy atom. The second-order valence-corrected chi connectivity index (χ2v) is 9.94. The van der Waals surface area contributed by atoms with Crippen molar-refractivity contribution >= 4 is 63.2 Å². The number of fused-ring (bicyclic) bond motifs is 1. The number of nitrogens with zero attached hydrogens (tertiary/aromatic N) is 3. The molecule has 0 bridgehead atoms. The first kappa shape index (κ1) is 21.8. The number of rotatable bonds is 5. The molecule has 0 aliphatic carbocycles. The van der Waals surface area contributed by atoms with Crippen LogP contribution < -0.4 is 0 Å². The van der Waals surface area contributed by atoms with E-state index in [4.69, 9.17) is 21.4 Å². The highest BCUT2D eigenvalue weighted by Gasteiger charge is 2.35. The standard InChI is InChI=1S/C24H17ClN4O2S2/c1-14-2-9-18(10-3-14)32-21-11-8-17(31-21)13-19-22(26)29-24(27-23(19)30)33-20(28-29)12-15-4-6-16(25)7-5-15/h2-11,13,26H,12H2,1H3/b19-13-,26-22?. The first-order valence-corrected chi connectivity index (χ1v) is 12.0. The van der Waals surface area contributed by atoms with Gasteiger partial charge in [0.25, 0.3) is 5.91 Å². The lowest BCUT2D eigenvalue weighted by Gasteiger charge is -2.19. The first-order chi connectivity index (χ1) is 15.9. The van der Waals surface area contributed by atoms with Crippen LogP contribution in [-0.2, 0) is 11.2 Å². The van der Waals surface area contributed by atoms with Gasteiger partial charge in [0.2, 0.25) is 5.17 Å². The molecule has 0 saturated heterocycles. The van der Waals surface area contributed by atoms with Crippen molar-refractivity contribution in [2.45, 2.75) is 23.3 Å². The highest BCUT2D eigenvalue weighted by atomic mass is 35.5. The molecule has 6 nitrogen and oxygen atoms in total. The third-order valence-electron chi connectivity index (χ3n) is 4.89. The Hall–Kier alpha value is -3.07. The van der Waals surface area contributed by atoms with Crippen LogP contribution >= 0.6 is 35.1 Å². The molecule has 0 atom stereocenters. The predicted octanol–water partition coefficient (Wildman–Crippen LogP) is 6.25. The summed E-state index contributed by atoms with van der Waals surface area (Å²) in [5.41, 5.74) is 2.36. The van der Waals surface area contributed by atoms with E-state index < -0.39 is 5.91 Å². The third-order valence-corrected chi connectivity index (χ3v) is 6.98. The molecule has 3 heterocycles. The Balaban J connectivity index is 1.33. The number of amides is 1. The maximum atomic E-state index is 12.6. The van der Waals surface area contributed by atoms with Crippen LogP contribution in [0, 0.1) is 12.3 Å². The molecule has 0 fully saturated rings. The molecule has 2 aromatic carbocycles. The summed E-state index contributed by atoms with van der Waals surface area (Å²) in [6.07, 6.45) is 2.11. The Bertz CT molecular complexity index is 1340. The monoisotopic (exact) mass is 492 g/mol. The molecule has 3 aromatic rings. The van der Waals surface area contributed by atoms with Crippen LogP contribution in [0.5, 0.6) is 0 Å². The van der Waals surface area contributed by atoms with Gasteiger partial charge >= 0.3 is 0 Å². The molecular formula is C24H17ClN4O2S2. The van der Waals surface area contributed by atoms with Gasteiger partial charge in [-0.1, -0.05) is 53.2 Å². The zero-order chi connectivity index (χ0) is 22.9. The van der Waals surface area contributed by atoms with Crippen LogP contribution in [0.1, 0.15) is 16.9 Å². The van der Waals surface area contributed by atoms with Gasteiger partial charge < -0.3 is 4.42 Å². The molecular weight excluding hydrogens is 476 g/mol. The molecule has 1 N–H and O–H groups in total. The second-order valence-electron chi connectivity index (χ2n) is 7.39. The number of amidine groups is 2. The smallest absolute Gasteiger partial charge is 0.283 e. The summed E-state index contributed by atoms with van der Waals surface area (Å²) in [6.45, 7) is 2.04. The number of halogens is 1. The maximum absolute atomic E-state index is 12.6. The molecule has 5 rings (SSSR count). The van der Waals surface area contributed by atoms with Crippen LogP contribution in [0.4, 0.5) is 0 Å². The average molecular weight is 493 g/mol. The van der Waals surface area contributed by atoms with E-state index in [0.29, 0.717) is 27.5 Å². The molecule has 0 saturated carbocycles. The number of carbonyl (C=O) groups excluding carboxylic acids is 1. The lowest BCUT2D eigenvalue weighted by molar-refractivity contribution is -0.114. The molecule has 9 heteroatoms. The lowest BCUT2D eigenvalue weighted by Crippen LogP contribution is -2.35. The predicted molar refractivity (Wildman–Crippen MR) is 134 cm³/mol. The van der Waals surface area contributed by atoms with Crippen LogP contribution in [0.3, 0.4) is 0 Å². The van der Waals surface area contributed by atoms with Crippen LogP contribution in [0.2, 0.25) is 5.02 Å². The average Bonchev–Trinajstić information content (AvgIpc) is 3.41. The van der Waals surface area contributed by atoms with Crippen molar-refractivity contribution in [1.82, 2.24) is 5.01 Å².